The van der Waals surface area contributed by atoms with Crippen molar-refractivity contribution >= 4 is 0 Å². The second-order valence-electron chi connectivity index (χ2n) is 4.64. The van der Waals surface area contributed by atoms with Gasteiger partial charge in [-0.2, -0.15) is 5.10 Å². The molecule has 0 saturated heterocycles. The molecular formula is C11H20N4. The first-order valence-corrected chi connectivity index (χ1v) is 5.84. The molecular weight excluding hydrogens is 188 g/mol. The van der Waals surface area contributed by atoms with Gasteiger partial charge in [0.2, 0.25) is 0 Å². The maximum Gasteiger partial charge on any atom is 0.138 e. The topological polar surface area (TPSA) is 56.7 Å². The number of nitrogens with zero attached hydrogens (tertiary/aromatic N) is 3. The van der Waals surface area contributed by atoms with E-state index in [-0.39, 0.29) is 6.04 Å². The number of hydrogen-bond donors (Lipinski definition) is 1. The maximum absolute atomic E-state index is 6.14. The van der Waals surface area contributed by atoms with Crippen LogP contribution in [0.5, 0.6) is 0 Å². The van der Waals surface area contributed by atoms with Gasteiger partial charge in [0.05, 0.1) is 0 Å². The number of aryl methyl sites for hydroxylation is 1. The van der Waals surface area contributed by atoms with Crippen LogP contribution in [0.25, 0.3) is 0 Å². The zero-order chi connectivity index (χ0) is 10.8. The highest BCUT2D eigenvalue weighted by molar-refractivity contribution is 4.97. The molecule has 1 saturated carbocycles. The largest absolute Gasteiger partial charge is 0.327 e. The molecule has 4 heteroatoms. The summed E-state index contributed by atoms with van der Waals surface area (Å²) < 4.78 is 1.98. The van der Waals surface area contributed by atoms with E-state index in [9.17, 15) is 0 Å². The fraction of sp³-hybridized carbons (Fsp3) is 0.818. The Hall–Kier alpha value is -0.900. The van der Waals surface area contributed by atoms with E-state index in [1.807, 2.05) is 4.68 Å². The fourth-order valence-corrected chi connectivity index (χ4v) is 2.15. The molecule has 1 aromatic heterocycles. The van der Waals surface area contributed by atoms with Crippen molar-refractivity contribution < 1.29 is 0 Å². The molecule has 84 valence electrons. The van der Waals surface area contributed by atoms with E-state index in [1.54, 1.807) is 6.33 Å². The third-order valence-corrected chi connectivity index (χ3v) is 3.27. The van der Waals surface area contributed by atoms with E-state index in [4.69, 9.17) is 5.73 Å². The summed E-state index contributed by atoms with van der Waals surface area (Å²) in [5.74, 6) is 2.56. The van der Waals surface area contributed by atoms with E-state index in [0.29, 0.717) is 5.92 Å². The third-order valence-electron chi connectivity index (χ3n) is 3.27. The summed E-state index contributed by atoms with van der Waals surface area (Å²) in [5.41, 5.74) is 6.14. The van der Waals surface area contributed by atoms with Gasteiger partial charge in [-0.15, -0.1) is 0 Å². The number of aromatic nitrogens is 3. The molecule has 1 aromatic rings. The molecule has 2 rings (SSSR count). The minimum absolute atomic E-state index is 0.264. The van der Waals surface area contributed by atoms with E-state index >= 15 is 0 Å². The highest BCUT2D eigenvalue weighted by atomic mass is 15.3. The molecule has 0 aliphatic heterocycles. The molecule has 1 aliphatic carbocycles. The smallest absolute Gasteiger partial charge is 0.138 e. The summed E-state index contributed by atoms with van der Waals surface area (Å²) >= 11 is 0. The lowest BCUT2D eigenvalue weighted by Gasteiger charge is -2.10. The first-order valence-electron chi connectivity index (χ1n) is 5.84. The minimum Gasteiger partial charge on any atom is -0.327 e. The van der Waals surface area contributed by atoms with Crippen molar-refractivity contribution in [1.82, 2.24) is 14.8 Å². The van der Waals surface area contributed by atoms with Gasteiger partial charge in [0.15, 0.2) is 0 Å². The lowest BCUT2D eigenvalue weighted by Crippen LogP contribution is -2.27. The summed E-state index contributed by atoms with van der Waals surface area (Å²) in [7, 11) is 0. The molecule has 3 unspecified atom stereocenters. The zero-order valence-corrected chi connectivity index (χ0v) is 9.56. The summed E-state index contributed by atoms with van der Waals surface area (Å²) in [5, 5.41) is 4.21. The molecule has 2 N–H and O–H groups in total. The van der Waals surface area contributed by atoms with Gasteiger partial charge in [-0.3, -0.25) is 4.68 Å². The molecule has 4 nitrogen and oxygen atoms in total. The number of hydrogen-bond acceptors (Lipinski definition) is 3. The third kappa shape index (κ3) is 2.37. The molecule has 0 aromatic carbocycles. The Morgan fingerprint density at radius 3 is 3.00 bits per heavy atom. The van der Waals surface area contributed by atoms with Crippen LogP contribution in [-0.2, 0) is 13.0 Å². The van der Waals surface area contributed by atoms with Crippen LogP contribution in [-0.4, -0.2) is 20.8 Å². The predicted molar refractivity (Wildman–Crippen MR) is 59.3 cm³/mol. The summed E-state index contributed by atoms with van der Waals surface area (Å²) in [6.07, 6.45) is 4.87. The summed E-state index contributed by atoms with van der Waals surface area (Å²) in [6.45, 7) is 5.36. The van der Waals surface area contributed by atoms with Gasteiger partial charge in [-0.25, -0.2) is 4.98 Å². The van der Waals surface area contributed by atoms with Crippen LogP contribution in [0.3, 0.4) is 0 Å². The van der Waals surface area contributed by atoms with Crippen LogP contribution in [0.15, 0.2) is 6.33 Å². The minimum atomic E-state index is 0.264. The quantitative estimate of drug-likeness (QED) is 0.791. The molecule has 3 atom stereocenters. The van der Waals surface area contributed by atoms with Crippen molar-refractivity contribution in [2.45, 2.75) is 45.7 Å². The summed E-state index contributed by atoms with van der Waals surface area (Å²) in [4.78, 5) is 4.28. The Balaban J connectivity index is 1.94. The Labute approximate surface area is 90.9 Å². The Bertz CT molecular complexity index is 320. The zero-order valence-electron chi connectivity index (χ0n) is 9.56. The maximum atomic E-state index is 6.14. The molecule has 1 heterocycles. The van der Waals surface area contributed by atoms with Gasteiger partial charge >= 0.3 is 0 Å². The molecule has 0 spiro atoms. The second-order valence-corrected chi connectivity index (χ2v) is 4.64. The highest BCUT2D eigenvalue weighted by Gasteiger charge is 2.37. The average Bonchev–Trinajstić information content (AvgIpc) is 2.78. The normalized spacial score (nSPS) is 26.6. The highest BCUT2D eigenvalue weighted by Crippen LogP contribution is 2.40. The van der Waals surface area contributed by atoms with Crippen LogP contribution < -0.4 is 5.73 Å². The standard InChI is InChI=1S/C11H20N4/c1-3-4-15-11(13-7-14-15)6-10(12)9-5-8(9)2/h7-10H,3-6,12H2,1-2H3. The predicted octanol–water partition coefficient (Wildman–Crippen LogP) is 1.21. The molecule has 0 radical (unpaired) electrons. The number of nitrogens with two attached hydrogens (primary N) is 1. The van der Waals surface area contributed by atoms with Gasteiger partial charge < -0.3 is 5.73 Å². The van der Waals surface area contributed by atoms with E-state index in [2.05, 4.69) is 23.9 Å². The monoisotopic (exact) mass is 208 g/mol. The van der Waals surface area contributed by atoms with Crippen molar-refractivity contribution in [3.05, 3.63) is 12.2 Å². The van der Waals surface area contributed by atoms with Crippen LogP contribution >= 0.6 is 0 Å². The average molecular weight is 208 g/mol. The van der Waals surface area contributed by atoms with E-state index in [0.717, 1.165) is 31.1 Å². The first kappa shape index (κ1) is 10.6. The molecule has 1 fully saturated rings. The van der Waals surface area contributed by atoms with Crippen LogP contribution in [0.4, 0.5) is 0 Å². The fourth-order valence-electron chi connectivity index (χ4n) is 2.15. The van der Waals surface area contributed by atoms with Gasteiger partial charge in [-0.1, -0.05) is 13.8 Å². The summed E-state index contributed by atoms with van der Waals surface area (Å²) in [6, 6.07) is 0.264. The van der Waals surface area contributed by atoms with Crippen molar-refractivity contribution in [3.8, 4) is 0 Å². The Morgan fingerprint density at radius 2 is 2.40 bits per heavy atom. The van der Waals surface area contributed by atoms with Gasteiger partial charge in [0.25, 0.3) is 0 Å². The van der Waals surface area contributed by atoms with Crippen molar-refractivity contribution in [1.29, 1.82) is 0 Å². The molecule has 0 amide bonds. The molecule has 0 bridgehead atoms. The van der Waals surface area contributed by atoms with E-state index in [1.165, 1.54) is 6.42 Å². The first-order chi connectivity index (χ1) is 7.22. The van der Waals surface area contributed by atoms with Crippen molar-refractivity contribution in [3.63, 3.8) is 0 Å². The van der Waals surface area contributed by atoms with Gasteiger partial charge in [0.1, 0.15) is 12.2 Å². The van der Waals surface area contributed by atoms with Gasteiger partial charge in [0, 0.05) is 19.0 Å². The molecule has 15 heavy (non-hydrogen) atoms. The Kier molecular flexibility index (Phi) is 3.05. The number of rotatable bonds is 5. The SMILES string of the molecule is CCCn1ncnc1CC(N)C1CC1C. The lowest BCUT2D eigenvalue weighted by atomic mass is 10.1. The van der Waals surface area contributed by atoms with E-state index < -0.39 is 0 Å². The van der Waals surface area contributed by atoms with Crippen LogP contribution in [0.2, 0.25) is 0 Å². The van der Waals surface area contributed by atoms with Crippen molar-refractivity contribution in [2.24, 2.45) is 17.6 Å². The second kappa shape index (κ2) is 4.31. The van der Waals surface area contributed by atoms with Crippen LogP contribution in [0.1, 0.15) is 32.5 Å². The molecule has 1 aliphatic rings. The van der Waals surface area contributed by atoms with Crippen LogP contribution in [0, 0.1) is 11.8 Å². The van der Waals surface area contributed by atoms with Crippen molar-refractivity contribution in [2.75, 3.05) is 0 Å². The Morgan fingerprint density at radius 1 is 1.67 bits per heavy atom. The lowest BCUT2D eigenvalue weighted by molar-refractivity contribution is 0.505. The van der Waals surface area contributed by atoms with Gasteiger partial charge in [-0.05, 0) is 24.7 Å².